The largest absolute Gasteiger partial charge is 0.465 e. The fraction of sp³-hybridized carbons (Fsp3) is 0.474. The predicted octanol–water partition coefficient (Wildman–Crippen LogP) is 3.75. The monoisotopic (exact) mass is 328 g/mol. The summed E-state index contributed by atoms with van der Waals surface area (Å²) >= 11 is 0. The minimum Gasteiger partial charge on any atom is -0.465 e. The van der Waals surface area contributed by atoms with Gasteiger partial charge in [0.25, 0.3) is 0 Å². The molecule has 1 aromatic heterocycles. The summed E-state index contributed by atoms with van der Waals surface area (Å²) in [5.74, 6) is 0.674. The van der Waals surface area contributed by atoms with Crippen LogP contribution in [0.15, 0.2) is 34.9 Å². The molecule has 128 valence electrons. The summed E-state index contributed by atoms with van der Waals surface area (Å²) < 4.78 is 10.2. The Bertz CT molecular complexity index is 678. The highest BCUT2D eigenvalue weighted by Gasteiger charge is 2.28. The van der Waals surface area contributed by atoms with Gasteiger partial charge in [-0.05, 0) is 43.5 Å². The van der Waals surface area contributed by atoms with E-state index in [2.05, 4.69) is 23.0 Å². The van der Waals surface area contributed by atoms with E-state index in [1.807, 2.05) is 24.3 Å². The molecule has 0 radical (unpaired) electrons. The molecule has 1 saturated heterocycles. The lowest BCUT2D eigenvalue weighted by molar-refractivity contribution is 0.0600. The number of aryl methyl sites for hydroxylation is 1. The highest BCUT2D eigenvalue weighted by molar-refractivity contribution is 5.89. The molecule has 1 atom stereocenters. The Labute approximate surface area is 142 Å². The third-order valence-corrected chi connectivity index (χ3v) is 4.54. The second-order valence-electron chi connectivity index (χ2n) is 6.29. The van der Waals surface area contributed by atoms with Crippen molar-refractivity contribution >= 4 is 5.97 Å². The first-order valence-corrected chi connectivity index (χ1v) is 8.58. The van der Waals surface area contributed by atoms with Gasteiger partial charge < -0.3 is 9.26 Å². The average molecular weight is 328 g/mol. The van der Waals surface area contributed by atoms with Crippen LogP contribution in [0.5, 0.6) is 0 Å². The van der Waals surface area contributed by atoms with E-state index in [0.717, 1.165) is 43.8 Å². The highest BCUT2D eigenvalue weighted by atomic mass is 16.5. The lowest BCUT2D eigenvalue weighted by Gasteiger charge is -2.22. The smallest absolute Gasteiger partial charge is 0.337 e. The number of esters is 1. The molecule has 1 unspecified atom stereocenters. The fourth-order valence-corrected chi connectivity index (χ4v) is 3.30. The van der Waals surface area contributed by atoms with Crippen LogP contribution in [0.3, 0.4) is 0 Å². The van der Waals surface area contributed by atoms with E-state index in [4.69, 9.17) is 9.26 Å². The number of benzene rings is 1. The Morgan fingerprint density at radius 1 is 1.38 bits per heavy atom. The van der Waals surface area contributed by atoms with Gasteiger partial charge in [0.15, 0.2) is 0 Å². The molecule has 0 spiro atoms. The van der Waals surface area contributed by atoms with Gasteiger partial charge in [0.05, 0.1) is 18.7 Å². The van der Waals surface area contributed by atoms with E-state index in [1.165, 1.54) is 19.1 Å². The van der Waals surface area contributed by atoms with E-state index in [9.17, 15) is 4.79 Å². The third kappa shape index (κ3) is 3.67. The number of hydrogen-bond donors (Lipinski definition) is 0. The Balaban J connectivity index is 1.68. The maximum Gasteiger partial charge on any atom is 0.337 e. The molecule has 1 aromatic carbocycles. The minimum absolute atomic E-state index is 0.299. The molecular formula is C19H24N2O3. The number of hydrogen-bond acceptors (Lipinski definition) is 5. The van der Waals surface area contributed by atoms with Gasteiger partial charge in [0.2, 0.25) is 0 Å². The number of carbonyl (C=O) groups excluding carboxylic acids is 1. The van der Waals surface area contributed by atoms with E-state index in [-0.39, 0.29) is 5.97 Å². The molecule has 2 heterocycles. The molecule has 0 aliphatic carbocycles. The van der Waals surface area contributed by atoms with Crippen LogP contribution >= 0.6 is 0 Å². The van der Waals surface area contributed by atoms with Gasteiger partial charge in [0, 0.05) is 19.0 Å². The van der Waals surface area contributed by atoms with E-state index in [1.54, 1.807) is 0 Å². The fourth-order valence-electron chi connectivity index (χ4n) is 3.30. The molecule has 5 heteroatoms. The van der Waals surface area contributed by atoms with Gasteiger partial charge in [-0.3, -0.25) is 4.90 Å². The highest BCUT2D eigenvalue weighted by Crippen LogP contribution is 2.33. The lowest BCUT2D eigenvalue weighted by atomic mass is 10.1. The summed E-state index contributed by atoms with van der Waals surface area (Å²) in [6.07, 6.45) is 4.28. The average Bonchev–Trinajstić information content (AvgIpc) is 3.24. The zero-order valence-corrected chi connectivity index (χ0v) is 14.3. The molecule has 0 N–H and O–H groups in total. The zero-order valence-electron chi connectivity index (χ0n) is 14.3. The Kier molecular flexibility index (Phi) is 5.30. The zero-order chi connectivity index (χ0) is 16.9. The molecule has 0 amide bonds. The van der Waals surface area contributed by atoms with Crippen molar-refractivity contribution in [2.24, 2.45) is 0 Å². The van der Waals surface area contributed by atoms with Crippen molar-refractivity contribution in [3.05, 3.63) is 52.9 Å². The van der Waals surface area contributed by atoms with Crippen molar-refractivity contribution in [3.63, 3.8) is 0 Å². The van der Waals surface area contributed by atoms with Gasteiger partial charge in [0.1, 0.15) is 11.5 Å². The molecule has 24 heavy (non-hydrogen) atoms. The Morgan fingerprint density at radius 3 is 2.88 bits per heavy atom. The van der Waals surface area contributed by atoms with Crippen molar-refractivity contribution in [1.29, 1.82) is 0 Å². The second-order valence-corrected chi connectivity index (χ2v) is 6.29. The number of nitrogens with zero attached hydrogens (tertiary/aromatic N) is 2. The van der Waals surface area contributed by atoms with E-state index < -0.39 is 0 Å². The Hall–Kier alpha value is -2.14. The molecule has 2 aromatic rings. The van der Waals surface area contributed by atoms with Gasteiger partial charge in [-0.1, -0.05) is 24.2 Å². The number of rotatable bonds is 6. The molecule has 0 bridgehead atoms. The molecule has 0 saturated carbocycles. The van der Waals surface area contributed by atoms with Crippen molar-refractivity contribution in [2.75, 3.05) is 13.7 Å². The number of ether oxygens (including phenoxy) is 1. The van der Waals surface area contributed by atoms with E-state index >= 15 is 0 Å². The maximum atomic E-state index is 11.5. The molecular weight excluding hydrogens is 304 g/mol. The number of methoxy groups -OCH3 is 1. The summed E-state index contributed by atoms with van der Waals surface area (Å²) in [6, 6.07) is 10.1. The van der Waals surface area contributed by atoms with Gasteiger partial charge in [-0.25, -0.2) is 4.79 Å². The third-order valence-electron chi connectivity index (χ3n) is 4.54. The predicted molar refractivity (Wildman–Crippen MR) is 90.7 cm³/mol. The van der Waals surface area contributed by atoms with Crippen LogP contribution in [0.25, 0.3) is 0 Å². The summed E-state index contributed by atoms with van der Waals surface area (Å²) in [5.41, 5.74) is 2.81. The first-order chi connectivity index (χ1) is 11.7. The lowest BCUT2D eigenvalue weighted by Crippen LogP contribution is -2.23. The van der Waals surface area contributed by atoms with Crippen LogP contribution in [-0.4, -0.2) is 29.7 Å². The first kappa shape index (κ1) is 16.7. The van der Waals surface area contributed by atoms with Crippen LogP contribution in [-0.2, 0) is 17.7 Å². The summed E-state index contributed by atoms with van der Waals surface area (Å²) in [6.45, 7) is 4.05. The van der Waals surface area contributed by atoms with Crippen LogP contribution in [0.4, 0.5) is 0 Å². The molecule has 1 fully saturated rings. The topological polar surface area (TPSA) is 55.6 Å². The van der Waals surface area contributed by atoms with Gasteiger partial charge >= 0.3 is 5.97 Å². The number of likely N-dealkylation sites (tertiary alicyclic amines) is 1. The quantitative estimate of drug-likeness (QED) is 0.756. The normalized spacial score (nSPS) is 18.0. The van der Waals surface area contributed by atoms with Crippen LogP contribution < -0.4 is 0 Å². The van der Waals surface area contributed by atoms with Crippen molar-refractivity contribution in [3.8, 4) is 0 Å². The summed E-state index contributed by atoms with van der Waals surface area (Å²) in [5, 5.41) is 4.28. The number of carbonyl (C=O) groups is 1. The van der Waals surface area contributed by atoms with E-state index in [0.29, 0.717) is 11.6 Å². The van der Waals surface area contributed by atoms with Gasteiger partial charge in [-0.15, -0.1) is 0 Å². The summed E-state index contributed by atoms with van der Waals surface area (Å²) in [4.78, 5) is 13.9. The van der Waals surface area contributed by atoms with Crippen LogP contribution in [0.2, 0.25) is 0 Å². The van der Waals surface area contributed by atoms with Crippen molar-refractivity contribution in [2.45, 2.75) is 45.2 Å². The van der Waals surface area contributed by atoms with Gasteiger partial charge in [-0.2, -0.15) is 0 Å². The van der Waals surface area contributed by atoms with Crippen LogP contribution in [0.1, 0.15) is 59.6 Å². The summed E-state index contributed by atoms with van der Waals surface area (Å²) in [7, 11) is 1.40. The first-order valence-electron chi connectivity index (χ1n) is 8.58. The maximum absolute atomic E-state index is 11.5. The standard InChI is InChI=1S/C19H24N2O3/c1-3-5-16-12-17(20-24-16)18-6-4-11-21(18)13-14-7-9-15(10-8-14)19(22)23-2/h7-10,12,18H,3-6,11,13H2,1-2H3. The minimum atomic E-state index is -0.299. The van der Waals surface area contributed by atoms with Crippen molar-refractivity contribution < 1.29 is 14.1 Å². The molecule has 3 rings (SSSR count). The SMILES string of the molecule is CCCc1cc(C2CCCN2Cc2ccc(C(=O)OC)cc2)no1. The van der Waals surface area contributed by atoms with Crippen LogP contribution in [0, 0.1) is 0 Å². The number of aromatic nitrogens is 1. The molecule has 1 aliphatic heterocycles. The molecule has 1 aliphatic rings. The van der Waals surface area contributed by atoms with Crippen molar-refractivity contribution in [1.82, 2.24) is 10.1 Å². The second kappa shape index (κ2) is 7.62. The Morgan fingerprint density at radius 2 is 2.17 bits per heavy atom. The molecule has 5 nitrogen and oxygen atoms in total.